The molecule has 0 saturated carbocycles. The first kappa shape index (κ1) is 16.9. The Kier molecular flexibility index (Phi) is 4.63. The van der Waals surface area contributed by atoms with Gasteiger partial charge in [0.15, 0.2) is 11.5 Å². The zero-order chi connectivity index (χ0) is 18.0. The second-order valence-electron chi connectivity index (χ2n) is 5.29. The fourth-order valence-corrected chi connectivity index (χ4v) is 3.41. The lowest BCUT2D eigenvalue weighted by molar-refractivity contribution is -0.131. The molecule has 0 saturated heterocycles. The van der Waals surface area contributed by atoms with Crippen LogP contribution >= 0.6 is 11.3 Å². The number of esters is 2. The predicted octanol–water partition coefficient (Wildman–Crippen LogP) is 4.25. The van der Waals surface area contributed by atoms with Crippen molar-refractivity contribution < 1.29 is 23.9 Å². The van der Waals surface area contributed by atoms with Crippen molar-refractivity contribution in [1.29, 1.82) is 0 Å². The Labute approximate surface area is 147 Å². The van der Waals surface area contributed by atoms with E-state index in [0.717, 1.165) is 4.70 Å². The summed E-state index contributed by atoms with van der Waals surface area (Å²) in [5.41, 5.74) is 0.113. The molecule has 25 heavy (non-hydrogen) atoms. The average molecular weight is 354 g/mol. The Morgan fingerprint density at radius 3 is 2.28 bits per heavy atom. The van der Waals surface area contributed by atoms with Gasteiger partial charge in [0.1, 0.15) is 16.2 Å². The maximum absolute atomic E-state index is 12.6. The molecule has 0 unspecified atom stereocenters. The number of hydrogen-bond acceptors (Lipinski definition) is 6. The van der Waals surface area contributed by atoms with E-state index in [1.807, 2.05) is 18.2 Å². The van der Waals surface area contributed by atoms with Crippen LogP contribution in [0, 0.1) is 0 Å². The summed E-state index contributed by atoms with van der Waals surface area (Å²) in [4.78, 5) is 36.1. The van der Waals surface area contributed by atoms with Gasteiger partial charge in [-0.15, -0.1) is 11.3 Å². The van der Waals surface area contributed by atoms with Crippen molar-refractivity contribution in [3.8, 4) is 11.5 Å². The van der Waals surface area contributed by atoms with Crippen molar-refractivity contribution in [3.05, 3.63) is 59.0 Å². The van der Waals surface area contributed by atoms with Gasteiger partial charge < -0.3 is 9.47 Å². The first-order chi connectivity index (χ1) is 12.0. The first-order valence-corrected chi connectivity index (χ1v) is 8.31. The largest absolute Gasteiger partial charge is 0.426 e. The number of ketones is 1. The van der Waals surface area contributed by atoms with Gasteiger partial charge in [-0.05, 0) is 24.3 Å². The molecule has 1 heterocycles. The number of rotatable bonds is 4. The van der Waals surface area contributed by atoms with E-state index in [-0.39, 0.29) is 22.8 Å². The van der Waals surface area contributed by atoms with Crippen molar-refractivity contribution in [2.24, 2.45) is 0 Å². The maximum Gasteiger partial charge on any atom is 0.347 e. The number of carbonyl (C=O) groups is 3. The van der Waals surface area contributed by atoms with Crippen LogP contribution in [-0.4, -0.2) is 17.7 Å². The maximum atomic E-state index is 12.6. The van der Waals surface area contributed by atoms with Crippen molar-refractivity contribution >= 4 is 39.1 Å². The van der Waals surface area contributed by atoms with E-state index in [9.17, 15) is 14.4 Å². The first-order valence-electron chi connectivity index (χ1n) is 7.49. The molecule has 5 nitrogen and oxygen atoms in total. The molecule has 0 bridgehead atoms. The lowest BCUT2D eigenvalue weighted by Gasteiger charge is -2.09. The van der Waals surface area contributed by atoms with Gasteiger partial charge in [0, 0.05) is 23.9 Å². The number of ether oxygens (including phenoxy) is 2. The Morgan fingerprint density at radius 1 is 0.880 bits per heavy atom. The van der Waals surface area contributed by atoms with E-state index in [0.29, 0.717) is 10.3 Å². The molecule has 3 aromatic rings. The average Bonchev–Trinajstić information content (AvgIpc) is 2.94. The van der Waals surface area contributed by atoms with Crippen LogP contribution in [0.25, 0.3) is 10.1 Å². The molecule has 0 amide bonds. The van der Waals surface area contributed by atoms with Gasteiger partial charge in [-0.3, -0.25) is 9.59 Å². The van der Waals surface area contributed by atoms with Crippen LogP contribution in [0.2, 0.25) is 0 Å². The number of thiophene rings is 1. The Morgan fingerprint density at radius 2 is 1.56 bits per heavy atom. The summed E-state index contributed by atoms with van der Waals surface area (Å²) in [5, 5.41) is 0.691. The zero-order valence-corrected chi connectivity index (χ0v) is 14.4. The molecule has 0 fully saturated rings. The minimum Gasteiger partial charge on any atom is -0.426 e. The van der Waals surface area contributed by atoms with Crippen molar-refractivity contribution in [2.75, 3.05) is 0 Å². The summed E-state index contributed by atoms with van der Waals surface area (Å²) in [6.07, 6.45) is 0. The van der Waals surface area contributed by atoms with E-state index < -0.39 is 11.9 Å². The molecule has 0 spiro atoms. The van der Waals surface area contributed by atoms with Crippen molar-refractivity contribution in [3.63, 3.8) is 0 Å². The molecule has 2 aromatic carbocycles. The van der Waals surface area contributed by atoms with E-state index in [1.165, 1.54) is 37.3 Å². The smallest absolute Gasteiger partial charge is 0.347 e. The van der Waals surface area contributed by atoms with Crippen molar-refractivity contribution in [2.45, 2.75) is 13.8 Å². The predicted molar refractivity (Wildman–Crippen MR) is 94.5 cm³/mol. The van der Waals surface area contributed by atoms with Crippen LogP contribution in [0.5, 0.6) is 11.5 Å². The number of carbonyl (C=O) groups excluding carboxylic acids is 3. The molecule has 0 radical (unpaired) electrons. The normalized spacial score (nSPS) is 10.5. The zero-order valence-electron chi connectivity index (χ0n) is 13.6. The van der Waals surface area contributed by atoms with E-state index in [1.54, 1.807) is 18.2 Å². The highest BCUT2D eigenvalue weighted by Crippen LogP contribution is 2.38. The number of benzene rings is 2. The van der Waals surface area contributed by atoms with Gasteiger partial charge in [-0.1, -0.05) is 24.3 Å². The lowest BCUT2D eigenvalue weighted by atomic mass is 10.2. The Bertz CT molecular complexity index is 986. The number of fused-ring (bicyclic) bond motifs is 1. The van der Waals surface area contributed by atoms with Crippen LogP contribution in [-0.2, 0) is 4.79 Å². The summed E-state index contributed by atoms with van der Waals surface area (Å²) in [5.74, 6) is -1.06. The highest BCUT2D eigenvalue weighted by Gasteiger charge is 2.22. The van der Waals surface area contributed by atoms with Gasteiger partial charge in [0.25, 0.3) is 0 Å². The third kappa shape index (κ3) is 3.44. The second-order valence-corrected chi connectivity index (χ2v) is 6.34. The Hall–Kier alpha value is -2.99. The van der Waals surface area contributed by atoms with Crippen LogP contribution in [0.15, 0.2) is 48.5 Å². The summed E-state index contributed by atoms with van der Waals surface area (Å²) < 4.78 is 11.4. The summed E-state index contributed by atoms with van der Waals surface area (Å²) in [6.45, 7) is 2.68. The number of Topliss-reactive ketones (excluding diaryl/α,β-unsaturated/α-hetero) is 1. The van der Waals surface area contributed by atoms with Gasteiger partial charge in [-0.2, -0.15) is 0 Å². The minimum atomic E-state index is -0.692. The molecule has 0 N–H and O–H groups in total. The molecule has 0 atom stereocenters. The highest BCUT2D eigenvalue weighted by molar-refractivity contribution is 7.21. The second kappa shape index (κ2) is 6.86. The summed E-state index contributed by atoms with van der Waals surface area (Å²) >= 11 is 1.27. The fraction of sp³-hybridized carbons (Fsp3) is 0.105. The van der Waals surface area contributed by atoms with Crippen LogP contribution in [0.1, 0.15) is 33.9 Å². The Balaban J connectivity index is 2.02. The van der Waals surface area contributed by atoms with Crippen LogP contribution in [0.4, 0.5) is 0 Å². The highest BCUT2D eigenvalue weighted by atomic mass is 32.1. The number of para-hydroxylation sites is 1. The van der Waals surface area contributed by atoms with Gasteiger partial charge in [0.05, 0.1) is 0 Å². The third-order valence-corrected chi connectivity index (χ3v) is 4.68. The fourth-order valence-electron chi connectivity index (χ4n) is 2.38. The molecule has 126 valence electrons. The standard InChI is InChI=1S/C19H14O5S/c1-11(20)18-17(14-8-4-6-10-16(14)25-18)24-19(22)13-7-3-5-9-15(13)23-12(2)21/h3-10H,1-2H3. The molecular formula is C19H14O5S. The molecule has 6 heteroatoms. The molecule has 0 aliphatic rings. The number of hydrogen-bond donors (Lipinski definition) is 0. The van der Waals surface area contributed by atoms with E-state index in [4.69, 9.17) is 9.47 Å². The summed E-state index contributed by atoms with van der Waals surface area (Å²) in [6, 6.07) is 13.6. The quantitative estimate of drug-likeness (QED) is 0.398. The van der Waals surface area contributed by atoms with Crippen molar-refractivity contribution in [1.82, 2.24) is 0 Å². The SMILES string of the molecule is CC(=O)Oc1ccccc1C(=O)Oc1c(C(C)=O)sc2ccccc12. The van der Waals surface area contributed by atoms with Crippen LogP contribution < -0.4 is 9.47 Å². The topological polar surface area (TPSA) is 69.7 Å². The van der Waals surface area contributed by atoms with E-state index in [2.05, 4.69) is 0 Å². The molecular weight excluding hydrogens is 340 g/mol. The van der Waals surface area contributed by atoms with Gasteiger partial charge in [0.2, 0.25) is 0 Å². The monoisotopic (exact) mass is 354 g/mol. The molecule has 0 aliphatic heterocycles. The molecule has 0 aliphatic carbocycles. The summed E-state index contributed by atoms with van der Waals surface area (Å²) in [7, 11) is 0. The molecule has 3 rings (SSSR count). The lowest BCUT2D eigenvalue weighted by Crippen LogP contribution is -2.13. The van der Waals surface area contributed by atoms with Crippen LogP contribution in [0.3, 0.4) is 0 Å². The van der Waals surface area contributed by atoms with Gasteiger partial charge in [-0.25, -0.2) is 4.79 Å². The van der Waals surface area contributed by atoms with Gasteiger partial charge >= 0.3 is 11.9 Å². The molecule has 1 aromatic heterocycles. The minimum absolute atomic E-state index is 0.113. The van der Waals surface area contributed by atoms with E-state index >= 15 is 0 Å². The third-order valence-electron chi connectivity index (χ3n) is 3.43.